The Bertz CT molecular complexity index is 1130. The fourth-order valence-corrected chi connectivity index (χ4v) is 2.91. The van der Waals surface area contributed by atoms with Crippen LogP contribution in [0.2, 0.25) is 5.02 Å². The molecule has 3 aromatic rings. The van der Waals surface area contributed by atoms with E-state index in [1.807, 2.05) is 0 Å². The molecule has 0 saturated heterocycles. The average molecular weight is 438 g/mol. The summed E-state index contributed by atoms with van der Waals surface area (Å²) >= 11 is 5.93. The Morgan fingerprint density at radius 2 is 1.65 bits per heavy atom. The van der Waals surface area contributed by atoms with Crippen LogP contribution in [0.3, 0.4) is 0 Å². The third-order valence-electron chi connectivity index (χ3n) is 4.28. The quantitative estimate of drug-likeness (QED) is 0.424. The number of ether oxygens (including phenoxy) is 2. The highest BCUT2D eigenvalue weighted by Crippen LogP contribution is 2.23. The summed E-state index contributed by atoms with van der Waals surface area (Å²) in [4.78, 5) is 24.8. The van der Waals surface area contributed by atoms with Crippen molar-refractivity contribution in [3.8, 4) is 11.5 Å². The molecule has 7 nitrogen and oxygen atoms in total. The fraction of sp³-hybridized carbons (Fsp3) is 0.0870. The van der Waals surface area contributed by atoms with E-state index in [0.29, 0.717) is 38.9 Å². The highest BCUT2D eigenvalue weighted by molar-refractivity contribution is 6.31. The van der Waals surface area contributed by atoms with Gasteiger partial charge in [0.25, 0.3) is 11.8 Å². The first kappa shape index (κ1) is 21.9. The normalized spacial score (nSPS) is 10.5. The first-order valence-corrected chi connectivity index (χ1v) is 9.60. The number of hydrogen-bond donors (Lipinski definition) is 2. The van der Waals surface area contributed by atoms with Gasteiger partial charge in [-0.15, -0.1) is 0 Å². The maximum absolute atomic E-state index is 12.4. The van der Waals surface area contributed by atoms with E-state index in [4.69, 9.17) is 21.1 Å². The Morgan fingerprint density at radius 3 is 2.35 bits per heavy atom. The minimum absolute atomic E-state index is 0.329. The molecule has 8 heteroatoms. The van der Waals surface area contributed by atoms with E-state index < -0.39 is 5.91 Å². The average Bonchev–Trinajstić information content (AvgIpc) is 2.79. The van der Waals surface area contributed by atoms with Gasteiger partial charge < -0.3 is 14.8 Å². The summed E-state index contributed by atoms with van der Waals surface area (Å²) in [5, 5.41) is 7.19. The first-order chi connectivity index (χ1) is 15.0. The summed E-state index contributed by atoms with van der Waals surface area (Å²) in [6.07, 6.45) is 1.47. The molecular weight excluding hydrogens is 418 g/mol. The van der Waals surface area contributed by atoms with Crippen molar-refractivity contribution < 1.29 is 19.1 Å². The Hall–Kier alpha value is -3.84. The predicted molar refractivity (Wildman–Crippen MR) is 120 cm³/mol. The number of nitrogens with one attached hydrogen (secondary N) is 2. The molecule has 0 atom stereocenters. The lowest BCUT2D eigenvalue weighted by Crippen LogP contribution is -2.18. The molecule has 0 saturated carbocycles. The van der Waals surface area contributed by atoms with Gasteiger partial charge in [0.2, 0.25) is 0 Å². The summed E-state index contributed by atoms with van der Waals surface area (Å²) in [5.41, 5.74) is 4.36. The van der Waals surface area contributed by atoms with Crippen LogP contribution < -0.4 is 20.2 Å². The van der Waals surface area contributed by atoms with Gasteiger partial charge in [-0.05, 0) is 48.5 Å². The molecule has 2 amide bonds. The van der Waals surface area contributed by atoms with E-state index in [-0.39, 0.29) is 5.91 Å². The molecule has 3 aromatic carbocycles. The van der Waals surface area contributed by atoms with Crippen LogP contribution >= 0.6 is 11.6 Å². The minimum Gasteiger partial charge on any atom is -0.497 e. The number of amides is 2. The number of benzene rings is 3. The number of methoxy groups -OCH3 is 2. The maximum Gasteiger partial charge on any atom is 0.271 e. The monoisotopic (exact) mass is 437 g/mol. The number of carbonyl (C=O) groups excluding carboxylic acids is 2. The number of carbonyl (C=O) groups is 2. The zero-order valence-corrected chi connectivity index (χ0v) is 17.6. The van der Waals surface area contributed by atoms with E-state index in [1.54, 1.807) is 73.8 Å². The third-order valence-corrected chi connectivity index (χ3v) is 4.51. The number of nitrogens with zero attached hydrogens (tertiary/aromatic N) is 1. The van der Waals surface area contributed by atoms with Crippen molar-refractivity contribution in [2.45, 2.75) is 0 Å². The van der Waals surface area contributed by atoms with Gasteiger partial charge in [-0.25, -0.2) is 5.43 Å². The van der Waals surface area contributed by atoms with Gasteiger partial charge in [-0.1, -0.05) is 23.7 Å². The molecule has 0 aliphatic rings. The zero-order valence-electron chi connectivity index (χ0n) is 16.9. The molecule has 158 valence electrons. The topological polar surface area (TPSA) is 89.0 Å². The smallest absolute Gasteiger partial charge is 0.271 e. The van der Waals surface area contributed by atoms with Gasteiger partial charge in [0, 0.05) is 33.5 Å². The molecule has 0 heterocycles. The van der Waals surface area contributed by atoms with Crippen molar-refractivity contribution >= 4 is 35.3 Å². The van der Waals surface area contributed by atoms with Crippen molar-refractivity contribution in [1.29, 1.82) is 0 Å². The summed E-state index contributed by atoms with van der Waals surface area (Å²) in [6, 6.07) is 18.4. The lowest BCUT2D eigenvalue weighted by atomic mass is 10.1. The molecule has 0 radical (unpaired) electrons. The summed E-state index contributed by atoms with van der Waals surface area (Å²) < 4.78 is 10.4. The van der Waals surface area contributed by atoms with E-state index in [2.05, 4.69) is 15.8 Å². The number of hydrogen-bond acceptors (Lipinski definition) is 5. The van der Waals surface area contributed by atoms with Crippen LogP contribution in [0.5, 0.6) is 11.5 Å². The second-order valence-electron chi connectivity index (χ2n) is 6.35. The molecule has 3 rings (SSSR count). The van der Waals surface area contributed by atoms with Gasteiger partial charge >= 0.3 is 0 Å². The highest BCUT2D eigenvalue weighted by atomic mass is 35.5. The zero-order chi connectivity index (χ0) is 22.2. The van der Waals surface area contributed by atoms with Gasteiger partial charge in [0.15, 0.2) is 0 Å². The van der Waals surface area contributed by atoms with Crippen molar-refractivity contribution in [3.63, 3.8) is 0 Å². The largest absolute Gasteiger partial charge is 0.497 e. The fourth-order valence-electron chi connectivity index (χ4n) is 2.72. The molecule has 0 unspecified atom stereocenters. The molecule has 0 spiro atoms. The predicted octanol–water partition coefficient (Wildman–Crippen LogP) is 4.37. The van der Waals surface area contributed by atoms with Crippen LogP contribution in [0.4, 0.5) is 5.69 Å². The summed E-state index contributed by atoms with van der Waals surface area (Å²) in [7, 11) is 3.10. The standard InChI is InChI=1S/C23H20ClN3O4/c1-30-20-10-9-17(21(13-20)31-2)14-25-27-23(29)16-6-4-8-19(12-16)26-22(28)15-5-3-7-18(24)11-15/h3-14H,1-2H3,(H,26,28)(H,27,29). The van der Waals surface area contributed by atoms with Crippen LogP contribution in [0, 0.1) is 0 Å². The second-order valence-corrected chi connectivity index (χ2v) is 6.79. The number of halogens is 1. The first-order valence-electron chi connectivity index (χ1n) is 9.22. The molecule has 0 fully saturated rings. The third kappa shape index (κ3) is 5.83. The van der Waals surface area contributed by atoms with E-state index >= 15 is 0 Å². The van der Waals surface area contributed by atoms with Gasteiger partial charge in [0.05, 0.1) is 20.4 Å². The lowest BCUT2D eigenvalue weighted by Gasteiger charge is -2.08. The molecule has 2 N–H and O–H groups in total. The second kappa shape index (κ2) is 10.3. The van der Waals surface area contributed by atoms with Crippen LogP contribution in [-0.4, -0.2) is 32.2 Å². The van der Waals surface area contributed by atoms with Crippen LogP contribution in [0.25, 0.3) is 0 Å². The maximum atomic E-state index is 12.4. The van der Waals surface area contributed by atoms with Crippen LogP contribution in [0.15, 0.2) is 71.8 Å². The Balaban J connectivity index is 1.66. The van der Waals surface area contributed by atoms with Gasteiger partial charge in [-0.3, -0.25) is 9.59 Å². The van der Waals surface area contributed by atoms with Crippen molar-refractivity contribution in [2.75, 3.05) is 19.5 Å². The molecule has 0 aliphatic carbocycles. The SMILES string of the molecule is COc1ccc(C=NNC(=O)c2cccc(NC(=O)c3cccc(Cl)c3)c2)c(OC)c1. The Morgan fingerprint density at radius 1 is 0.903 bits per heavy atom. The van der Waals surface area contributed by atoms with Crippen LogP contribution in [-0.2, 0) is 0 Å². The molecule has 31 heavy (non-hydrogen) atoms. The van der Waals surface area contributed by atoms with Crippen molar-refractivity contribution in [3.05, 3.63) is 88.4 Å². The molecular formula is C23H20ClN3O4. The van der Waals surface area contributed by atoms with Gasteiger partial charge in [0.1, 0.15) is 11.5 Å². The van der Waals surface area contributed by atoms with E-state index in [0.717, 1.165) is 0 Å². The molecule has 0 bridgehead atoms. The van der Waals surface area contributed by atoms with E-state index in [9.17, 15) is 9.59 Å². The van der Waals surface area contributed by atoms with E-state index in [1.165, 1.54) is 13.3 Å². The van der Waals surface area contributed by atoms with Crippen molar-refractivity contribution in [1.82, 2.24) is 5.43 Å². The van der Waals surface area contributed by atoms with Crippen LogP contribution in [0.1, 0.15) is 26.3 Å². The summed E-state index contributed by atoms with van der Waals surface area (Å²) in [5.74, 6) is 0.449. The Labute approximate surface area is 184 Å². The Kier molecular flexibility index (Phi) is 7.24. The number of hydrazone groups is 1. The number of anilines is 1. The van der Waals surface area contributed by atoms with Gasteiger partial charge in [-0.2, -0.15) is 5.10 Å². The highest BCUT2D eigenvalue weighted by Gasteiger charge is 2.10. The lowest BCUT2D eigenvalue weighted by molar-refractivity contribution is 0.0953. The summed E-state index contributed by atoms with van der Waals surface area (Å²) in [6.45, 7) is 0. The molecule has 0 aromatic heterocycles. The van der Waals surface area contributed by atoms with Crippen molar-refractivity contribution in [2.24, 2.45) is 5.10 Å². The number of rotatable bonds is 7. The minimum atomic E-state index is -0.428. The molecule has 0 aliphatic heterocycles.